The second-order valence-corrected chi connectivity index (χ2v) is 2.71. The van der Waals surface area contributed by atoms with Crippen LogP contribution in [-0.4, -0.2) is 44.6 Å². The number of carbonyl (C=O) groups is 1. The first-order chi connectivity index (χ1) is 5.13. The summed E-state index contributed by atoms with van der Waals surface area (Å²) in [7, 11) is 3.97. The molecule has 0 aromatic rings. The van der Waals surface area contributed by atoms with Crippen molar-refractivity contribution in [1.29, 1.82) is 0 Å². The number of rotatable bonds is 6. The molecule has 4 nitrogen and oxygen atoms in total. The third-order valence-corrected chi connectivity index (χ3v) is 1.23. The van der Waals surface area contributed by atoms with Gasteiger partial charge in [0.25, 0.3) is 0 Å². The molecule has 0 unspecified atom stereocenters. The quantitative estimate of drug-likeness (QED) is 0.531. The average molecular weight is 159 g/mol. The fourth-order valence-corrected chi connectivity index (χ4v) is 0.711. The molecule has 0 saturated carbocycles. The van der Waals surface area contributed by atoms with Crippen LogP contribution in [0, 0.1) is 0 Å². The van der Waals surface area contributed by atoms with Crippen LogP contribution in [-0.2, 0) is 9.90 Å². The minimum absolute atomic E-state index is 0.0482. The summed E-state index contributed by atoms with van der Waals surface area (Å²) in [4.78, 5) is 12.0. The summed E-state index contributed by atoms with van der Waals surface area (Å²) in [6.45, 7) is 1.65. The highest BCUT2D eigenvalue weighted by molar-refractivity contribution is 5.68. The number of nitrogens with zero attached hydrogens (tertiary/aromatic N) is 1. The molecule has 0 amide bonds. The zero-order chi connectivity index (χ0) is 8.69. The zero-order valence-electron chi connectivity index (χ0n) is 7.09. The van der Waals surface area contributed by atoms with E-state index in [9.17, 15) is 9.90 Å². The van der Waals surface area contributed by atoms with Gasteiger partial charge in [-0.15, -0.1) is 0 Å². The highest BCUT2D eigenvalue weighted by Crippen LogP contribution is 1.79. The molecule has 0 bridgehead atoms. The van der Waals surface area contributed by atoms with E-state index in [1.54, 1.807) is 0 Å². The van der Waals surface area contributed by atoms with Crippen LogP contribution in [0.2, 0.25) is 0 Å². The van der Waals surface area contributed by atoms with Crippen LogP contribution in [0.15, 0.2) is 0 Å². The summed E-state index contributed by atoms with van der Waals surface area (Å²) in [6.07, 6.45) is 0.959. The first kappa shape index (κ1) is 10.4. The van der Waals surface area contributed by atoms with Crippen molar-refractivity contribution in [3.05, 3.63) is 0 Å². The summed E-state index contributed by atoms with van der Waals surface area (Å²) in [5, 5.41) is 12.7. The van der Waals surface area contributed by atoms with Gasteiger partial charge < -0.3 is 10.2 Å². The molecule has 0 aliphatic heterocycles. The largest absolute Gasteiger partial charge is 0.369 e. The SMILES string of the molecule is CN(C)CCCNCC([O])=O. The molecule has 4 heteroatoms. The fraction of sp³-hybridized carbons (Fsp3) is 0.857. The van der Waals surface area contributed by atoms with E-state index in [-0.39, 0.29) is 6.54 Å². The van der Waals surface area contributed by atoms with Gasteiger partial charge in [-0.1, -0.05) is 0 Å². The molecule has 65 valence electrons. The van der Waals surface area contributed by atoms with Crippen molar-refractivity contribution in [2.45, 2.75) is 6.42 Å². The van der Waals surface area contributed by atoms with Crippen LogP contribution in [0.3, 0.4) is 0 Å². The number of hydrogen-bond acceptors (Lipinski definition) is 3. The van der Waals surface area contributed by atoms with Crippen LogP contribution in [0.4, 0.5) is 0 Å². The molecular weight excluding hydrogens is 144 g/mol. The Kier molecular flexibility index (Phi) is 5.78. The Morgan fingerprint density at radius 3 is 2.55 bits per heavy atom. The number of nitrogens with one attached hydrogen (secondary N) is 1. The lowest BCUT2D eigenvalue weighted by Crippen LogP contribution is -2.25. The van der Waals surface area contributed by atoms with Gasteiger partial charge in [0.05, 0.1) is 6.54 Å². The zero-order valence-corrected chi connectivity index (χ0v) is 7.09. The van der Waals surface area contributed by atoms with E-state index in [0.29, 0.717) is 0 Å². The molecule has 0 atom stereocenters. The first-order valence-electron chi connectivity index (χ1n) is 3.68. The van der Waals surface area contributed by atoms with Crippen molar-refractivity contribution in [2.75, 3.05) is 33.7 Å². The summed E-state index contributed by atoms with van der Waals surface area (Å²) in [5.41, 5.74) is 0. The molecular formula is C7H15N2O2. The van der Waals surface area contributed by atoms with E-state index in [2.05, 4.69) is 10.2 Å². The van der Waals surface area contributed by atoms with E-state index in [1.807, 2.05) is 14.1 Å². The smallest absolute Gasteiger partial charge is 0.309 e. The lowest BCUT2D eigenvalue weighted by atomic mass is 10.4. The summed E-state index contributed by atoms with van der Waals surface area (Å²) in [6, 6.07) is 0. The van der Waals surface area contributed by atoms with Crippen LogP contribution in [0.5, 0.6) is 0 Å². The molecule has 0 heterocycles. The van der Waals surface area contributed by atoms with Gasteiger partial charge in [0.2, 0.25) is 0 Å². The Balaban J connectivity index is 2.97. The third-order valence-electron chi connectivity index (χ3n) is 1.23. The predicted octanol–water partition coefficient (Wildman–Crippen LogP) is -0.515. The molecule has 1 N–H and O–H groups in total. The van der Waals surface area contributed by atoms with Gasteiger partial charge in [0.15, 0.2) is 0 Å². The van der Waals surface area contributed by atoms with Crippen molar-refractivity contribution in [1.82, 2.24) is 10.2 Å². The normalized spacial score (nSPS) is 10.5. The minimum Gasteiger partial charge on any atom is -0.309 e. The Hall–Kier alpha value is -0.610. The van der Waals surface area contributed by atoms with E-state index >= 15 is 0 Å². The first-order valence-corrected chi connectivity index (χ1v) is 3.68. The lowest BCUT2D eigenvalue weighted by Gasteiger charge is -2.08. The van der Waals surface area contributed by atoms with Crippen LogP contribution < -0.4 is 5.32 Å². The second kappa shape index (κ2) is 6.12. The van der Waals surface area contributed by atoms with Gasteiger partial charge in [-0.25, -0.2) is 9.90 Å². The molecule has 11 heavy (non-hydrogen) atoms. The van der Waals surface area contributed by atoms with Crippen LogP contribution in [0.1, 0.15) is 6.42 Å². The fourth-order valence-electron chi connectivity index (χ4n) is 0.711. The van der Waals surface area contributed by atoms with E-state index in [1.165, 1.54) is 0 Å². The lowest BCUT2D eigenvalue weighted by molar-refractivity contribution is -0.141. The van der Waals surface area contributed by atoms with Gasteiger partial charge in [0, 0.05) is 0 Å². The standard InChI is InChI=1S/C7H15N2O2/c1-9(2)5-3-4-8-6-7(10)11/h8H,3-6H2,1-2H3. The summed E-state index contributed by atoms with van der Waals surface area (Å²) < 4.78 is 0. The summed E-state index contributed by atoms with van der Waals surface area (Å²) >= 11 is 0. The van der Waals surface area contributed by atoms with Gasteiger partial charge in [-0.2, -0.15) is 0 Å². The Morgan fingerprint density at radius 2 is 2.09 bits per heavy atom. The van der Waals surface area contributed by atoms with Crippen LogP contribution in [0.25, 0.3) is 0 Å². The molecule has 0 aromatic heterocycles. The van der Waals surface area contributed by atoms with Crippen molar-refractivity contribution < 1.29 is 9.90 Å². The predicted molar refractivity (Wildman–Crippen MR) is 41.7 cm³/mol. The van der Waals surface area contributed by atoms with Gasteiger partial charge in [-0.3, -0.25) is 0 Å². The topological polar surface area (TPSA) is 52.2 Å². The molecule has 1 radical (unpaired) electrons. The second-order valence-electron chi connectivity index (χ2n) is 2.71. The van der Waals surface area contributed by atoms with Gasteiger partial charge in [-0.05, 0) is 33.6 Å². The van der Waals surface area contributed by atoms with E-state index in [4.69, 9.17) is 0 Å². The maximum Gasteiger partial charge on any atom is 0.369 e. The van der Waals surface area contributed by atoms with E-state index < -0.39 is 5.97 Å². The van der Waals surface area contributed by atoms with Crippen molar-refractivity contribution in [3.63, 3.8) is 0 Å². The Bertz CT molecular complexity index is 115. The molecule has 0 spiro atoms. The monoisotopic (exact) mass is 159 g/mol. The molecule has 0 aromatic carbocycles. The Morgan fingerprint density at radius 1 is 1.45 bits per heavy atom. The molecule has 0 fully saturated rings. The molecule has 0 saturated heterocycles. The van der Waals surface area contributed by atoms with Crippen molar-refractivity contribution >= 4 is 5.97 Å². The molecule has 0 aliphatic rings. The van der Waals surface area contributed by atoms with Gasteiger partial charge >= 0.3 is 5.97 Å². The Labute approximate surface area is 67.2 Å². The summed E-state index contributed by atoms with van der Waals surface area (Å²) in [5.74, 6) is -1.05. The van der Waals surface area contributed by atoms with Crippen molar-refractivity contribution in [2.24, 2.45) is 0 Å². The maximum atomic E-state index is 9.91. The number of carbonyl (C=O) groups excluding carboxylic acids is 1. The molecule has 0 rings (SSSR count). The van der Waals surface area contributed by atoms with Crippen LogP contribution >= 0.6 is 0 Å². The highest BCUT2D eigenvalue weighted by atomic mass is 16.4. The highest BCUT2D eigenvalue weighted by Gasteiger charge is 1.96. The molecule has 0 aliphatic carbocycles. The maximum absolute atomic E-state index is 9.91. The van der Waals surface area contributed by atoms with E-state index in [0.717, 1.165) is 19.5 Å². The average Bonchev–Trinajstić information content (AvgIpc) is 1.85. The minimum atomic E-state index is -1.05. The number of hydrogen-bond donors (Lipinski definition) is 1. The van der Waals surface area contributed by atoms with Gasteiger partial charge in [0.1, 0.15) is 0 Å². The van der Waals surface area contributed by atoms with Crippen molar-refractivity contribution in [3.8, 4) is 0 Å². The third kappa shape index (κ3) is 9.39.